The molecule has 0 saturated heterocycles. The van der Waals surface area contributed by atoms with Crippen LogP contribution in [0.1, 0.15) is 50.0 Å². The van der Waals surface area contributed by atoms with Crippen LogP contribution in [-0.4, -0.2) is 16.1 Å². The SMILES string of the molecule is CC(=O)c1ccc(-n2cc(-c3ccc(C(C)(C)C)cc3)[n+]3c2SCCC3)cc1.[Br-]. The molecule has 0 N–H and O–H groups in total. The van der Waals surface area contributed by atoms with Crippen LogP contribution in [0.25, 0.3) is 16.9 Å². The van der Waals surface area contributed by atoms with Crippen LogP contribution in [-0.2, 0) is 12.0 Å². The molecule has 152 valence electrons. The molecular weight excluding hydrogens is 444 g/mol. The molecule has 1 aliphatic heterocycles. The van der Waals surface area contributed by atoms with E-state index >= 15 is 0 Å². The lowest BCUT2D eigenvalue weighted by atomic mass is 9.86. The molecule has 2 heterocycles. The highest BCUT2D eigenvalue weighted by atomic mass is 79.9. The second-order valence-electron chi connectivity index (χ2n) is 8.45. The van der Waals surface area contributed by atoms with E-state index in [1.807, 2.05) is 36.0 Å². The van der Waals surface area contributed by atoms with Gasteiger partial charge >= 0.3 is 5.16 Å². The zero-order chi connectivity index (χ0) is 19.9. The number of halogens is 1. The van der Waals surface area contributed by atoms with Gasteiger partial charge in [0, 0.05) is 16.9 Å². The molecule has 0 amide bonds. The summed E-state index contributed by atoms with van der Waals surface area (Å²) in [6.45, 7) is 9.39. The van der Waals surface area contributed by atoms with Crippen molar-refractivity contribution in [1.29, 1.82) is 0 Å². The van der Waals surface area contributed by atoms with Gasteiger partial charge in [-0.05, 0) is 60.4 Å². The van der Waals surface area contributed by atoms with Gasteiger partial charge < -0.3 is 17.0 Å². The Morgan fingerprint density at radius 1 is 1.03 bits per heavy atom. The van der Waals surface area contributed by atoms with Gasteiger partial charge in [0.05, 0.1) is 6.54 Å². The van der Waals surface area contributed by atoms with Crippen LogP contribution in [0.5, 0.6) is 0 Å². The molecule has 1 aliphatic rings. The number of aromatic nitrogens is 2. The largest absolute Gasteiger partial charge is 1.00 e. The van der Waals surface area contributed by atoms with E-state index in [2.05, 4.69) is 60.4 Å². The Labute approximate surface area is 187 Å². The third-order valence-corrected chi connectivity index (χ3v) is 6.50. The van der Waals surface area contributed by atoms with Crippen LogP contribution in [0.3, 0.4) is 0 Å². The van der Waals surface area contributed by atoms with E-state index in [1.165, 1.54) is 28.4 Å². The van der Waals surface area contributed by atoms with E-state index < -0.39 is 0 Å². The molecule has 0 radical (unpaired) electrons. The summed E-state index contributed by atoms with van der Waals surface area (Å²) in [6.07, 6.45) is 3.42. The van der Waals surface area contributed by atoms with Crippen molar-refractivity contribution in [3.05, 3.63) is 65.9 Å². The summed E-state index contributed by atoms with van der Waals surface area (Å²) in [4.78, 5) is 11.6. The molecule has 5 heteroatoms. The highest BCUT2D eigenvalue weighted by Crippen LogP contribution is 2.30. The first-order chi connectivity index (χ1) is 13.3. The summed E-state index contributed by atoms with van der Waals surface area (Å²) in [5.74, 6) is 1.24. The molecule has 0 aliphatic carbocycles. The van der Waals surface area contributed by atoms with Crippen LogP contribution >= 0.6 is 11.8 Å². The maximum atomic E-state index is 11.6. The molecule has 3 aromatic rings. The molecular formula is C24H27BrN2OS. The van der Waals surface area contributed by atoms with E-state index in [9.17, 15) is 4.79 Å². The Kier molecular flexibility index (Phi) is 6.39. The van der Waals surface area contributed by atoms with Crippen LogP contribution in [0.15, 0.2) is 59.9 Å². The van der Waals surface area contributed by atoms with Crippen molar-refractivity contribution in [2.24, 2.45) is 0 Å². The van der Waals surface area contributed by atoms with Crippen LogP contribution in [0, 0.1) is 0 Å². The maximum absolute atomic E-state index is 11.6. The Balaban J connectivity index is 0.00000240. The number of carbonyl (C=O) groups is 1. The summed E-state index contributed by atoms with van der Waals surface area (Å²) < 4.78 is 4.69. The minimum absolute atomic E-state index is 0. The first-order valence-corrected chi connectivity index (χ1v) is 10.8. The molecule has 1 aromatic heterocycles. The Morgan fingerprint density at radius 3 is 2.28 bits per heavy atom. The number of ketones is 1. The molecule has 4 rings (SSSR count). The van der Waals surface area contributed by atoms with Gasteiger partial charge in [-0.3, -0.25) is 4.79 Å². The Hall–Kier alpha value is -1.85. The van der Waals surface area contributed by atoms with Crippen LogP contribution in [0.4, 0.5) is 0 Å². The number of benzene rings is 2. The predicted octanol–water partition coefficient (Wildman–Crippen LogP) is 2.43. The average molecular weight is 471 g/mol. The van der Waals surface area contributed by atoms with Crippen molar-refractivity contribution in [2.75, 3.05) is 5.75 Å². The van der Waals surface area contributed by atoms with Crippen molar-refractivity contribution in [2.45, 2.75) is 51.2 Å². The number of carbonyl (C=O) groups excluding carboxylic acids is 1. The lowest BCUT2D eigenvalue weighted by Gasteiger charge is -2.19. The minimum atomic E-state index is 0. The van der Waals surface area contributed by atoms with Crippen molar-refractivity contribution < 1.29 is 26.3 Å². The van der Waals surface area contributed by atoms with Crippen LogP contribution in [0.2, 0.25) is 0 Å². The van der Waals surface area contributed by atoms with Gasteiger partial charge in [0.25, 0.3) is 0 Å². The summed E-state index contributed by atoms with van der Waals surface area (Å²) in [5, 5.41) is 1.26. The molecule has 0 atom stereocenters. The molecule has 0 saturated carbocycles. The number of fused-ring (bicyclic) bond motifs is 1. The lowest BCUT2D eigenvalue weighted by Crippen LogP contribution is -3.00. The first kappa shape index (κ1) is 21.8. The lowest BCUT2D eigenvalue weighted by molar-refractivity contribution is -0.724. The number of hydrogen-bond acceptors (Lipinski definition) is 2. The number of thioether (sulfide) groups is 1. The zero-order valence-corrected chi connectivity index (χ0v) is 19.8. The minimum Gasteiger partial charge on any atom is -1.00 e. The third kappa shape index (κ3) is 4.36. The van der Waals surface area contributed by atoms with Gasteiger partial charge in [-0.15, -0.1) is 0 Å². The van der Waals surface area contributed by atoms with Gasteiger partial charge in [-0.1, -0.05) is 45.0 Å². The highest BCUT2D eigenvalue weighted by molar-refractivity contribution is 7.99. The van der Waals surface area contributed by atoms with E-state index in [0.29, 0.717) is 0 Å². The molecule has 0 spiro atoms. The molecule has 29 heavy (non-hydrogen) atoms. The quantitative estimate of drug-likeness (QED) is 0.433. The Bertz CT molecular complexity index is 1010. The number of nitrogens with zero attached hydrogens (tertiary/aromatic N) is 2. The fourth-order valence-corrected chi connectivity index (χ4v) is 4.74. The van der Waals surface area contributed by atoms with E-state index in [1.54, 1.807) is 6.92 Å². The normalized spacial score (nSPS) is 13.5. The molecule has 2 aromatic carbocycles. The topological polar surface area (TPSA) is 25.9 Å². The van der Waals surface area contributed by atoms with Crippen molar-refractivity contribution in [1.82, 2.24) is 4.57 Å². The fourth-order valence-electron chi connectivity index (χ4n) is 3.64. The van der Waals surface area contributed by atoms with Gasteiger partial charge in [0.2, 0.25) is 0 Å². The summed E-state index contributed by atoms with van der Waals surface area (Å²) in [5.41, 5.74) is 5.85. The standard InChI is InChI=1S/C24H27N2OS.BrH/c1-17(27)18-8-12-21(13-9-18)26-16-22(25-14-5-15-28-23(25)26)19-6-10-20(11-7-19)24(2,3)4;/h6-13,16H,5,14-15H2,1-4H3;1H/q+1;/p-1. The maximum Gasteiger partial charge on any atom is 0.323 e. The van der Waals surface area contributed by atoms with E-state index in [-0.39, 0.29) is 28.2 Å². The monoisotopic (exact) mass is 470 g/mol. The second-order valence-corrected chi connectivity index (χ2v) is 9.51. The number of Topliss-reactive ketones (excluding diaryl/α,β-unsaturated/α-hetero) is 1. The molecule has 0 fully saturated rings. The van der Waals surface area contributed by atoms with Crippen LogP contribution < -0.4 is 21.5 Å². The third-order valence-electron chi connectivity index (χ3n) is 5.34. The first-order valence-electron chi connectivity index (χ1n) is 9.85. The summed E-state index contributed by atoms with van der Waals surface area (Å²) in [7, 11) is 0. The smallest absolute Gasteiger partial charge is 0.323 e. The molecule has 0 unspecified atom stereocenters. The number of imidazole rings is 1. The number of hydrogen-bond donors (Lipinski definition) is 0. The van der Waals surface area contributed by atoms with Gasteiger partial charge in [0.1, 0.15) is 11.9 Å². The average Bonchev–Trinajstić information content (AvgIpc) is 3.07. The molecule has 3 nitrogen and oxygen atoms in total. The van der Waals surface area contributed by atoms with E-state index in [4.69, 9.17) is 0 Å². The fraction of sp³-hybridized carbons (Fsp3) is 0.333. The van der Waals surface area contributed by atoms with Gasteiger partial charge in [-0.25, -0.2) is 4.57 Å². The summed E-state index contributed by atoms with van der Waals surface area (Å²) in [6, 6.07) is 16.9. The molecule has 0 bridgehead atoms. The van der Waals surface area contributed by atoms with E-state index in [0.717, 1.165) is 23.5 Å². The predicted molar refractivity (Wildman–Crippen MR) is 115 cm³/mol. The number of rotatable bonds is 3. The zero-order valence-electron chi connectivity index (χ0n) is 17.4. The second kappa shape index (κ2) is 8.49. The Morgan fingerprint density at radius 2 is 1.69 bits per heavy atom. The summed E-state index contributed by atoms with van der Waals surface area (Å²) >= 11 is 1.90. The highest BCUT2D eigenvalue weighted by Gasteiger charge is 2.29. The van der Waals surface area contributed by atoms with Crippen molar-refractivity contribution in [3.8, 4) is 16.9 Å². The van der Waals surface area contributed by atoms with Crippen molar-refractivity contribution in [3.63, 3.8) is 0 Å². The van der Waals surface area contributed by atoms with Gasteiger partial charge in [-0.2, -0.15) is 4.57 Å². The van der Waals surface area contributed by atoms with Gasteiger partial charge in [0.15, 0.2) is 11.5 Å². The van der Waals surface area contributed by atoms with Crippen molar-refractivity contribution >= 4 is 17.5 Å².